The van der Waals surface area contributed by atoms with Gasteiger partial charge in [-0.05, 0) is 6.92 Å². The first kappa shape index (κ1) is 5.73. The topological polar surface area (TPSA) is 48.5 Å². The monoisotopic (exact) mass is 138 g/mol. The quantitative estimate of drug-likeness (QED) is 0.416. The molecular weight excluding hydrogens is 128 g/mol. The number of hydrogen-bond acceptors (Lipinski definition) is 4. The van der Waals surface area contributed by atoms with Crippen molar-refractivity contribution in [1.29, 1.82) is 0 Å². The van der Waals surface area contributed by atoms with Crippen molar-refractivity contribution in [3.8, 4) is 0 Å². The molecule has 0 spiro atoms. The summed E-state index contributed by atoms with van der Waals surface area (Å²) in [5.74, 6) is 0.963. The summed E-state index contributed by atoms with van der Waals surface area (Å²) in [5.41, 5.74) is 1.13. The molecule has 1 unspecified atom stereocenters. The second-order valence-corrected chi connectivity index (χ2v) is 2.42. The van der Waals surface area contributed by atoms with E-state index in [4.69, 9.17) is 0 Å². The van der Waals surface area contributed by atoms with Crippen LogP contribution in [-0.4, -0.2) is 18.7 Å². The highest BCUT2D eigenvalue weighted by Gasteiger charge is 2.20. The van der Waals surface area contributed by atoms with Crippen molar-refractivity contribution in [2.24, 2.45) is 4.99 Å². The van der Waals surface area contributed by atoms with Crippen LogP contribution in [-0.2, 0) is 0 Å². The van der Waals surface area contributed by atoms with E-state index >= 15 is 0 Å². The Morgan fingerprint density at radius 3 is 3.50 bits per heavy atom. The number of nitrogens with zero attached hydrogens (tertiary/aromatic N) is 1. The fourth-order valence-corrected chi connectivity index (χ4v) is 1.11. The van der Waals surface area contributed by atoms with E-state index in [1.54, 1.807) is 0 Å². The molecule has 4 heteroatoms. The highest BCUT2D eigenvalue weighted by Crippen LogP contribution is 2.07. The molecule has 0 aromatic rings. The van der Waals surface area contributed by atoms with E-state index in [9.17, 15) is 0 Å². The van der Waals surface area contributed by atoms with Crippen molar-refractivity contribution in [1.82, 2.24) is 16.0 Å². The van der Waals surface area contributed by atoms with Gasteiger partial charge in [0.1, 0.15) is 6.17 Å². The lowest BCUT2D eigenvalue weighted by Gasteiger charge is -2.13. The molecule has 0 amide bonds. The Morgan fingerprint density at radius 2 is 2.60 bits per heavy atom. The van der Waals surface area contributed by atoms with Gasteiger partial charge in [-0.25, -0.2) is 4.99 Å². The van der Waals surface area contributed by atoms with Gasteiger partial charge in [-0.3, -0.25) is 5.32 Å². The molecule has 2 rings (SSSR count). The Balaban J connectivity index is 2.22. The summed E-state index contributed by atoms with van der Waals surface area (Å²) >= 11 is 0. The summed E-state index contributed by atoms with van der Waals surface area (Å²) in [6.45, 7) is 2.77. The average Bonchev–Trinajstić information content (AvgIpc) is 2.33. The van der Waals surface area contributed by atoms with E-state index in [0.717, 1.165) is 18.2 Å². The van der Waals surface area contributed by atoms with Gasteiger partial charge in [-0.2, -0.15) is 0 Å². The molecule has 2 aliphatic rings. The normalized spacial score (nSPS) is 29.5. The highest BCUT2D eigenvalue weighted by molar-refractivity contribution is 5.81. The maximum Gasteiger partial charge on any atom is 0.144 e. The standard InChI is InChI=1S/C6H10N4/c1-4-7-2-5-6(10-4)9-3-8-5/h2,6,8-9H,3H2,1H3,(H,7,10). The summed E-state index contributed by atoms with van der Waals surface area (Å²) in [6.07, 6.45) is 2.12. The Hall–Kier alpha value is -1.03. The predicted molar refractivity (Wildman–Crippen MR) is 39.3 cm³/mol. The van der Waals surface area contributed by atoms with Crippen molar-refractivity contribution >= 4 is 5.84 Å². The molecule has 54 valence electrons. The van der Waals surface area contributed by atoms with Crippen molar-refractivity contribution in [3.63, 3.8) is 0 Å². The Labute approximate surface area is 59.4 Å². The molecule has 2 aliphatic heterocycles. The number of nitrogens with one attached hydrogen (secondary N) is 3. The molecule has 3 N–H and O–H groups in total. The molecule has 0 aliphatic carbocycles. The molecule has 0 radical (unpaired) electrons. The minimum Gasteiger partial charge on any atom is -0.372 e. The molecule has 2 heterocycles. The van der Waals surface area contributed by atoms with Crippen LogP contribution in [0.4, 0.5) is 0 Å². The number of amidine groups is 1. The van der Waals surface area contributed by atoms with Crippen LogP contribution in [0.1, 0.15) is 6.92 Å². The summed E-state index contributed by atoms with van der Waals surface area (Å²) in [6, 6.07) is 0. The maximum atomic E-state index is 4.31. The summed E-state index contributed by atoms with van der Waals surface area (Å²) in [7, 11) is 0. The van der Waals surface area contributed by atoms with Crippen molar-refractivity contribution in [3.05, 3.63) is 11.9 Å². The Kier molecular flexibility index (Phi) is 1.14. The number of fused-ring (bicyclic) bond motifs is 1. The van der Waals surface area contributed by atoms with Crippen LogP contribution < -0.4 is 16.0 Å². The van der Waals surface area contributed by atoms with Crippen LogP contribution in [0.2, 0.25) is 0 Å². The van der Waals surface area contributed by atoms with Gasteiger partial charge >= 0.3 is 0 Å². The van der Waals surface area contributed by atoms with Crippen LogP contribution in [0, 0.1) is 0 Å². The lowest BCUT2D eigenvalue weighted by Crippen LogP contribution is -2.30. The second-order valence-electron chi connectivity index (χ2n) is 2.42. The first-order valence-corrected chi connectivity index (χ1v) is 3.34. The van der Waals surface area contributed by atoms with Crippen LogP contribution in [0.15, 0.2) is 16.9 Å². The Morgan fingerprint density at radius 1 is 1.70 bits per heavy atom. The fourth-order valence-electron chi connectivity index (χ4n) is 1.11. The van der Waals surface area contributed by atoms with E-state index in [1.165, 1.54) is 0 Å². The van der Waals surface area contributed by atoms with E-state index in [1.807, 2.05) is 13.1 Å². The van der Waals surface area contributed by atoms with Gasteiger partial charge in [0, 0.05) is 6.20 Å². The van der Waals surface area contributed by atoms with Gasteiger partial charge in [0.2, 0.25) is 0 Å². The molecule has 0 aromatic heterocycles. The molecule has 0 bridgehead atoms. The number of rotatable bonds is 0. The first-order valence-electron chi connectivity index (χ1n) is 3.34. The lowest BCUT2D eigenvalue weighted by molar-refractivity contribution is 0.680. The van der Waals surface area contributed by atoms with E-state index in [2.05, 4.69) is 20.9 Å². The molecule has 0 aromatic carbocycles. The van der Waals surface area contributed by atoms with Gasteiger partial charge in [0.15, 0.2) is 0 Å². The molecule has 1 fully saturated rings. The summed E-state index contributed by atoms with van der Waals surface area (Å²) in [4.78, 5) is 4.31. The lowest BCUT2D eigenvalue weighted by atomic mass is 10.3. The van der Waals surface area contributed by atoms with Crippen LogP contribution >= 0.6 is 0 Å². The predicted octanol–water partition coefficient (Wildman–Crippen LogP) is -0.674. The highest BCUT2D eigenvalue weighted by atomic mass is 15.3. The first-order chi connectivity index (χ1) is 4.86. The second kappa shape index (κ2) is 1.98. The molecule has 1 atom stereocenters. The largest absolute Gasteiger partial charge is 0.372 e. The van der Waals surface area contributed by atoms with E-state index in [-0.39, 0.29) is 6.17 Å². The Bertz CT molecular complexity index is 206. The third-order valence-corrected chi connectivity index (χ3v) is 1.64. The van der Waals surface area contributed by atoms with Gasteiger partial charge in [-0.1, -0.05) is 0 Å². The number of hydrogen-bond donors (Lipinski definition) is 3. The maximum absolute atomic E-state index is 4.31. The molecule has 10 heavy (non-hydrogen) atoms. The van der Waals surface area contributed by atoms with Gasteiger partial charge < -0.3 is 10.6 Å². The van der Waals surface area contributed by atoms with Crippen LogP contribution in [0.25, 0.3) is 0 Å². The van der Waals surface area contributed by atoms with Gasteiger partial charge in [-0.15, -0.1) is 0 Å². The summed E-state index contributed by atoms with van der Waals surface area (Å²) in [5, 5.41) is 9.38. The minimum atomic E-state index is 0.168. The van der Waals surface area contributed by atoms with Crippen LogP contribution in [0.3, 0.4) is 0 Å². The average molecular weight is 138 g/mol. The smallest absolute Gasteiger partial charge is 0.144 e. The van der Waals surface area contributed by atoms with Gasteiger partial charge in [0.25, 0.3) is 0 Å². The molecule has 4 nitrogen and oxygen atoms in total. The van der Waals surface area contributed by atoms with E-state index in [0.29, 0.717) is 0 Å². The zero-order valence-corrected chi connectivity index (χ0v) is 5.81. The zero-order chi connectivity index (χ0) is 6.97. The van der Waals surface area contributed by atoms with Crippen molar-refractivity contribution in [2.75, 3.05) is 6.67 Å². The van der Waals surface area contributed by atoms with Crippen molar-refractivity contribution in [2.45, 2.75) is 13.1 Å². The van der Waals surface area contributed by atoms with Gasteiger partial charge in [0.05, 0.1) is 18.2 Å². The number of aliphatic imine (C=N–C) groups is 1. The zero-order valence-electron chi connectivity index (χ0n) is 5.81. The summed E-state index contributed by atoms with van der Waals surface area (Å²) < 4.78 is 0. The molecule has 0 saturated carbocycles. The molecule has 1 saturated heterocycles. The molecular formula is C6H10N4. The van der Waals surface area contributed by atoms with Crippen molar-refractivity contribution < 1.29 is 0 Å². The SMILES string of the molecule is CC1=NC2NCNC2=CN1. The third-order valence-electron chi connectivity index (χ3n) is 1.64. The third kappa shape index (κ3) is 0.769. The van der Waals surface area contributed by atoms with E-state index < -0.39 is 0 Å². The minimum absolute atomic E-state index is 0.168. The fraction of sp³-hybridized carbons (Fsp3) is 0.500. The van der Waals surface area contributed by atoms with Crippen LogP contribution in [0.5, 0.6) is 0 Å².